The predicted octanol–water partition coefficient (Wildman–Crippen LogP) is 2.77. The van der Waals surface area contributed by atoms with Gasteiger partial charge in [0.05, 0.1) is 0 Å². The summed E-state index contributed by atoms with van der Waals surface area (Å²) in [5, 5.41) is 9.11. The number of carboxylic acids is 1. The highest BCUT2D eigenvalue weighted by molar-refractivity contribution is 5.97. The number of nitrogens with zero attached hydrogens (tertiary/aromatic N) is 1. The van der Waals surface area contributed by atoms with Gasteiger partial charge in [0.25, 0.3) is 0 Å². The maximum Gasteiger partial charge on any atom is 0.352 e. The van der Waals surface area contributed by atoms with Gasteiger partial charge in [-0.15, -0.1) is 0 Å². The molecule has 0 aliphatic carbocycles. The van der Waals surface area contributed by atoms with Crippen molar-refractivity contribution in [1.29, 1.82) is 0 Å². The molecular formula is C15H14FNO3. The van der Waals surface area contributed by atoms with E-state index in [9.17, 15) is 14.0 Å². The van der Waals surface area contributed by atoms with Crippen LogP contribution in [0, 0.1) is 5.82 Å². The largest absolute Gasteiger partial charge is 0.477 e. The lowest BCUT2D eigenvalue weighted by molar-refractivity contribution is 0.0685. The monoisotopic (exact) mass is 275 g/mol. The summed E-state index contributed by atoms with van der Waals surface area (Å²) in [5.74, 6) is -1.59. The topological polar surface area (TPSA) is 59.3 Å². The fourth-order valence-electron chi connectivity index (χ4n) is 2.01. The molecule has 0 saturated heterocycles. The SMILES string of the molecule is CC(=O)c1cc(C(=O)O)n(CCc2cccc(F)c2)c1. The van der Waals surface area contributed by atoms with E-state index in [1.807, 2.05) is 0 Å². The molecule has 1 aromatic heterocycles. The van der Waals surface area contributed by atoms with Gasteiger partial charge in [0.15, 0.2) is 5.78 Å². The summed E-state index contributed by atoms with van der Waals surface area (Å²) in [6.45, 7) is 1.76. The van der Waals surface area contributed by atoms with Gasteiger partial charge in [-0.1, -0.05) is 12.1 Å². The number of carbonyl (C=O) groups excluding carboxylic acids is 1. The van der Waals surface area contributed by atoms with Crippen LogP contribution in [0.2, 0.25) is 0 Å². The summed E-state index contributed by atoms with van der Waals surface area (Å²) in [5.41, 5.74) is 1.20. The number of ketones is 1. The Labute approximate surface area is 115 Å². The lowest BCUT2D eigenvalue weighted by Crippen LogP contribution is -2.09. The molecule has 0 unspecified atom stereocenters. The Kier molecular flexibility index (Phi) is 3.98. The Morgan fingerprint density at radius 2 is 2.05 bits per heavy atom. The molecule has 2 rings (SSSR count). The molecule has 0 spiro atoms. The molecule has 0 fully saturated rings. The second-order valence-electron chi connectivity index (χ2n) is 4.55. The van der Waals surface area contributed by atoms with Gasteiger partial charge in [0.1, 0.15) is 11.5 Å². The minimum atomic E-state index is -1.09. The molecule has 0 atom stereocenters. The highest BCUT2D eigenvalue weighted by atomic mass is 19.1. The van der Waals surface area contributed by atoms with Crippen molar-refractivity contribution in [1.82, 2.24) is 4.57 Å². The van der Waals surface area contributed by atoms with Crippen molar-refractivity contribution < 1.29 is 19.1 Å². The molecule has 1 aromatic carbocycles. The fraction of sp³-hybridized carbons (Fsp3) is 0.200. The maximum absolute atomic E-state index is 13.1. The molecule has 0 saturated carbocycles. The molecule has 1 heterocycles. The minimum Gasteiger partial charge on any atom is -0.477 e. The third-order valence-electron chi connectivity index (χ3n) is 3.05. The highest BCUT2D eigenvalue weighted by Gasteiger charge is 2.14. The van der Waals surface area contributed by atoms with Crippen LogP contribution in [-0.2, 0) is 13.0 Å². The standard InChI is InChI=1S/C15H14FNO3/c1-10(18)12-8-14(15(19)20)17(9-12)6-5-11-3-2-4-13(16)7-11/h2-4,7-9H,5-6H2,1H3,(H,19,20). The van der Waals surface area contributed by atoms with Gasteiger partial charge < -0.3 is 9.67 Å². The van der Waals surface area contributed by atoms with E-state index in [4.69, 9.17) is 5.11 Å². The number of hydrogen-bond acceptors (Lipinski definition) is 2. The number of benzene rings is 1. The van der Waals surface area contributed by atoms with Crippen molar-refractivity contribution in [2.45, 2.75) is 19.9 Å². The van der Waals surface area contributed by atoms with Crippen molar-refractivity contribution in [3.63, 3.8) is 0 Å². The summed E-state index contributed by atoms with van der Waals surface area (Å²) in [6, 6.07) is 7.51. The molecule has 0 amide bonds. The number of aromatic nitrogens is 1. The Morgan fingerprint density at radius 1 is 1.30 bits per heavy atom. The lowest BCUT2D eigenvalue weighted by Gasteiger charge is -2.06. The second-order valence-corrected chi connectivity index (χ2v) is 4.55. The third-order valence-corrected chi connectivity index (χ3v) is 3.05. The van der Waals surface area contributed by atoms with Gasteiger partial charge >= 0.3 is 5.97 Å². The first-order chi connectivity index (χ1) is 9.47. The Balaban J connectivity index is 2.20. The zero-order chi connectivity index (χ0) is 14.7. The number of carbonyl (C=O) groups is 2. The predicted molar refractivity (Wildman–Crippen MR) is 71.5 cm³/mol. The summed E-state index contributed by atoms with van der Waals surface area (Å²) >= 11 is 0. The maximum atomic E-state index is 13.1. The molecule has 0 bridgehead atoms. The molecule has 5 heteroatoms. The molecule has 0 aliphatic heterocycles. The van der Waals surface area contributed by atoms with Gasteiger partial charge in [-0.25, -0.2) is 9.18 Å². The number of halogens is 1. The van der Waals surface area contributed by atoms with E-state index in [2.05, 4.69) is 0 Å². The molecule has 20 heavy (non-hydrogen) atoms. The lowest BCUT2D eigenvalue weighted by atomic mass is 10.1. The number of aromatic carboxylic acids is 1. The van der Waals surface area contributed by atoms with E-state index < -0.39 is 5.97 Å². The average Bonchev–Trinajstić information content (AvgIpc) is 2.81. The van der Waals surface area contributed by atoms with Crippen molar-refractivity contribution in [3.05, 3.63) is 59.2 Å². The smallest absolute Gasteiger partial charge is 0.352 e. The Morgan fingerprint density at radius 3 is 2.65 bits per heavy atom. The van der Waals surface area contributed by atoms with Crippen LogP contribution in [0.4, 0.5) is 4.39 Å². The number of Topliss-reactive ketones (excluding diaryl/α,β-unsaturated/α-hetero) is 1. The number of carboxylic acid groups (broad SMARTS) is 1. The molecule has 2 aromatic rings. The van der Waals surface area contributed by atoms with Crippen LogP contribution in [0.25, 0.3) is 0 Å². The molecule has 1 N–H and O–H groups in total. The highest BCUT2D eigenvalue weighted by Crippen LogP contribution is 2.12. The van der Waals surface area contributed by atoms with Crippen LogP contribution < -0.4 is 0 Å². The van der Waals surface area contributed by atoms with E-state index in [1.165, 1.54) is 35.9 Å². The van der Waals surface area contributed by atoms with Gasteiger partial charge in [-0.2, -0.15) is 0 Å². The van der Waals surface area contributed by atoms with E-state index in [0.29, 0.717) is 18.5 Å². The number of rotatable bonds is 5. The fourth-order valence-corrected chi connectivity index (χ4v) is 2.01. The van der Waals surface area contributed by atoms with Gasteiger partial charge in [0.2, 0.25) is 0 Å². The molecule has 0 radical (unpaired) electrons. The molecular weight excluding hydrogens is 261 g/mol. The van der Waals surface area contributed by atoms with Crippen molar-refractivity contribution in [2.75, 3.05) is 0 Å². The van der Waals surface area contributed by atoms with E-state index in [1.54, 1.807) is 12.1 Å². The number of hydrogen-bond donors (Lipinski definition) is 1. The molecule has 4 nitrogen and oxygen atoms in total. The van der Waals surface area contributed by atoms with Crippen LogP contribution in [0.15, 0.2) is 36.5 Å². The summed E-state index contributed by atoms with van der Waals surface area (Å²) < 4.78 is 14.6. The van der Waals surface area contributed by atoms with E-state index >= 15 is 0 Å². The third kappa shape index (κ3) is 3.12. The van der Waals surface area contributed by atoms with E-state index in [0.717, 1.165) is 5.56 Å². The van der Waals surface area contributed by atoms with Crippen molar-refractivity contribution in [3.8, 4) is 0 Å². The summed E-state index contributed by atoms with van der Waals surface area (Å²) in [4.78, 5) is 22.4. The van der Waals surface area contributed by atoms with Gasteiger partial charge in [0, 0.05) is 18.3 Å². The first-order valence-electron chi connectivity index (χ1n) is 6.16. The van der Waals surface area contributed by atoms with Crippen LogP contribution in [0.1, 0.15) is 33.3 Å². The van der Waals surface area contributed by atoms with Gasteiger partial charge in [-0.3, -0.25) is 4.79 Å². The normalized spacial score (nSPS) is 10.5. The first kappa shape index (κ1) is 14.0. The second kappa shape index (κ2) is 5.69. The van der Waals surface area contributed by atoms with Crippen LogP contribution >= 0.6 is 0 Å². The quantitative estimate of drug-likeness (QED) is 0.853. The van der Waals surface area contributed by atoms with E-state index in [-0.39, 0.29) is 17.3 Å². The number of aryl methyl sites for hydroxylation is 2. The van der Waals surface area contributed by atoms with Crippen LogP contribution in [0.3, 0.4) is 0 Å². The zero-order valence-electron chi connectivity index (χ0n) is 11.0. The van der Waals surface area contributed by atoms with Crippen LogP contribution in [0.5, 0.6) is 0 Å². The minimum absolute atomic E-state index is 0.0617. The Hall–Kier alpha value is -2.43. The Bertz CT molecular complexity index is 661. The van der Waals surface area contributed by atoms with Crippen LogP contribution in [-0.4, -0.2) is 21.4 Å². The molecule has 0 aliphatic rings. The molecule has 104 valence electrons. The van der Waals surface area contributed by atoms with Gasteiger partial charge in [-0.05, 0) is 37.1 Å². The first-order valence-corrected chi connectivity index (χ1v) is 6.16. The summed E-state index contributed by atoms with van der Waals surface area (Å²) in [6.07, 6.45) is 2.01. The zero-order valence-corrected chi connectivity index (χ0v) is 11.0. The summed E-state index contributed by atoms with van der Waals surface area (Å²) in [7, 11) is 0. The van der Waals surface area contributed by atoms with Crippen molar-refractivity contribution >= 4 is 11.8 Å². The van der Waals surface area contributed by atoms with Crippen molar-refractivity contribution in [2.24, 2.45) is 0 Å². The average molecular weight is 275 g/mol.